The van der Waals surface area contributed by atoms with E-state index in [1.165, 1.54) is 5.56 Å². The molecular formula is C35H46N4O4. The van der Waals surface area contributed by atoms with Gasteiger partial charge in [0.15, 0.2) is 0 Å². The molecule has 0 unspecified atom stereocenters. The SMILES string of the molecule is C#C/C(C)=C(/CNC(=O)c1cc(-c2ccc(CN3CCOCC3)cc2)cc(N(CC)C2CCOCC2)c1C)C(=O)NCC. The molecule has 2 N–H and O–H groups in total. The molecule has 2 fully saturated rings. The number of benzene rings is 2. The summed E-state index contributed by atoms with van der Waals surface area (Å²) in [5.74, 6) is 2.05. The lowest BCUT2D eigenvalue weighted by molar-refractivity contribution is -0.117. The normalized spacial score (nSPS) is 16.6. The van der Waals surface area contributed by atoms with Crippen LogP contribution in [-0.4, -0.2) is 81.9 Å². The van der Waals surface area contributed by atoms with Gasteiger partial charge in [0.25, 0.3) is 5.91 Å². The van der Waals surface area contributed by atoms with E-state index in [1.54, 1.807) is 6.92 Å². The van der Waals surface area contributed by atoms with Gasteiger partial charge in [-0.25, -0.2) is 0 Å². The lowest BCUT2D eigenvalue weighted by Gasteiger charge is -2.37. The monoisotopic (exact) mass is 586 g/mol. The van der Waals surface area contributed by atoms with Crippen molar-refractivity contribution in [3.63, 3.8) is 0 Å². The second-order valence-corrected chi connectivity index (χ2v) is 11.2. The van der Waals surface area contributed by atoms with Gasteiger partial charge in [-0.1, -0.05) is 30.2 Å². The maximum absolute atomic E-state index is 13.8. The Morgan fingerprint density at radius 2 is 1.67 bits per heavy atom. The first-order chi connectivity index (χ1) is 20.9. The van der Waals surface area contributed by atoms with Gasteiger partial charge < -0.3 is 25.0 Å². The number of nitrogens with zero attached hydrogens (tertiary/aromatic N) is 2. The number of rotatable bonds is 11. The van der Waals surface area contributed by atoms with Crippen LogP contribution in [0.2, 0.25) is 0 Å². The third-order valence-electron chi connectivity index (χ3n) is 8.41. The molecule has 0 atom stereocenters. The van der Waals surface area contributed by atoms with Gasteiger partial charge >= 0.3 is 0 Å². The van der Waals surface area contributed by atoms with Crippen LogP contribution < -0.4 is 15.5 Å². The summed E-state index contributed by atoms with van der Waals surface area (Å²) >= 11 is 0. The van der Waals surface area contributed by atoms with E-state index in [0.29, 0.717) is 29.3 Å². The zero-order chi connectivity index (χ0) is 30.8. The Kier molecular flexibility index (Phi) is 11.8. The van der Waals surface area contributed by atoms with Crippen LogP contribution in [0.25, 0.3) is 11.1 Å². The van der Waals surface area contributed by atoms with Crippen LogP contribution in [0, 0.1) is 19.3 Å². The fourth-order valence-corrected chi connectivity index (χ4v) is 5.84. The quantitative estimate of drug-likeness (QED) is 0.302. The van der Waals surface area contributed by atoms with Gasteiger partial charge in [-0.15, -0.1) is 6.42 Å². The Bertz CT molecular complexity index is 1330. The molecule has 0 bridgehead atoms. The van der Waals surface area contributed by atoms with Gasteiger partial charge in [-0.2, -0.15) is 0 Å². The highest BCUT2D eigenvalue weighted by Gasteiger charge is 2.25. The van der Waals surface area contributed by atoms with Crippen LogP contribution in [-0.2, 0) is 20.8 Å². The molecule has 2 amide bonds. The lowest BCUT2D eigenvalue weighted by Crippen LogP contribution is -2.40. The number of terminal acetylenes is 1. The van der Waals surface area contributed by atoms with E-state index >= 15 is 0 Å². The van der Waals surface area contributed by atoms with Crippen molar-refractivity contribution in [3.05, 3.63) is 64.2 Å². The molecule has 2 saturated heterocycles. The molecule has 2 aliphatic rings. The zero-order valence-corrected chi connectivity index (χ0v) is 26.1. The Hall–Kier alpha value is -3.64. The van der Waals surface area contributed by atoms with E-state index < -0.39 is 0 Å². The van der Waals surface area contributed by atoms with E-state index in [9.17, 15) is 9.59 Å². The molecule has 2 aromatic rings. The predicted octanol–water partition coefficient (Wildman–Crippen LogP) is 4.32. The number of carbonyl (C=O) groups is 2. The summed E-state index contributed by atoms with van der Waals surface area (Å²) in [6.45, 7) is 14.9. The first-order valence-corrected chi connectivity index (χ1v) is 15.5. The molecule has 2 aliphatic heterocycles. The molecule has 4 rings (SSSR count). The molecule has 8 heteroatoms. The zero-order valence-electron chi connectivity index (χ0n) is 26.1. The Morgan fingerprint density at radius 3 is 2.30 bits per heavy atom. The molecular weight excluding hydrogens is 540 g/mol. The summed E-state index contributed by atoms with van der Waals surface area (Å²) in [5, 5.41) is 5.78. The number of nitrogens with one attached hydrogen (secondary N) is 2. The average Bonchev–Trinajstić information content (AvgIpc) is 3.03. The highest BCUT2D eigenvalue weighted by molar-refractivity contribution is 6.01. The van der Waals surface area contributed by atoms with E-state index in [1.807, 2.05) is 19.9 Å². The van der Waals surface area contributed by atoms with Gasteiger partial charge in [0.05, 0.1) is 13.2 Å². The average molecular weight is 587 g/mol. The summed E-state index contributed by atoms with van der Waals surface area (Å²) in [4.78, 5) is 31.3. The Morgan fingerprint density at radius 1 is 1.00 bits per heavy atom. The van der Waals surface area contributed by atoms with Gasteiger partial charge in [0.2, 0.25) is 5.91 Å². The van der Waals surface area contributed by atoms with Crippen LogP contribution >= 0.6 is 0 Å². The smallest absolute Gasteiger partial charge is 0.251 e. The molecule has 0 aromatic heterocycles. The maximum atomic E-state index is 13.8. The standard InChI is InChI=1S/C35H46N4O4/c1-6-25(4)32(35(41)36-7-2)23-37-34(40)31-21-29(22-33(26(31)5)39(8-3)30-13-17-42-18-14-30)28-11-9-27(10-12-28)24-38-15-19-43-20-16-38/h1,9-12,21-22,30H,7-8,13-20,23-24H2,2-5H3,(H,36,41)(H,37,40)/b32-25-. The summed E-state index contributed by atoms with van der Waals surface area (Å²) in [6.07, 6.45) is 7.50. The lowest BCUT2D eigenvalue weighted by atomic mass is 9.94. The fourth-order valence-electron chi connectivity index (χ4n) is 5.84. The number of morpholine rings is 1. The first-order valence-electron chi connectivity index (χ1n) is 15.5. The van der Waals surface area contributed by atoms with Crippen LogP contribution in [0.1, 0.15) is 55.1 Å². The molecule has 0 radical (unpaired) electrons. The molecule has 0 saturated carbocycles. The van der Waals surface area contributed by atoms with E-state index in [2.05, 4.69) is 63.6 Å². The third kappa shape index (κ3) is 8.26. The number of carbonyl (C=O) groups excluding carboxylic acids is 2. The molecule has 43 heavy (non-hydrogen) atoms. The number of amides is 2. The molecule has 2 heterocycles. The van der Waals surface area contributed by atoms with Gasteiger partial charge in [-0.05, 0) is 74.9 Å². The Labute approximate surface area is 256 Å². The Balaban J connectivity index is 1.67. The largest absolute Gasteiger partial charge is 0.381 e. The highest BCUT2D eigenvalue weighted by atomic mass is 16.5. The van der Waals surface area contributed by atoms with Crippen molar-refractivity contribution < 1.29 is 19.1 Å². The van der Waals surface area contributed by atoms with E-state index in [4.69, 9.17) is 15.9 Å². The number of ether oxygens (including phenoxy) is 2. The molecule has 230 valence electrons. The highest BCUT2D eigenvalue weighted by Crippen LogP contribution is 2.34. The summed E-state index contributed by atoms with van der Waals surface area (Å²) in [6, 6.07) is 13.1. The minimum absolute atomic E-state index is 0.0490. The number of hydrogen-bond acceptors (Lipinski definition) is 6. The molecule has 2 aromatic carbocycles. The van der Waals surface area contributed by atoms with Crippen molar-refractivity contribution in [3.8, 4) is 23.5 Å². The maximum Gasteiger partial charge on any atom is 0.251 e. The predicted molar refractivity (Wildman–Crippen MR) is 172 cm³/mol. The first kappa shape index (κ1) is 32.3. The minimum atomic E-state index is -0.266. The van der Waals surface area contributed by atoms with E-state index in [0.717, 1.165) is 87.8 Å². The summed E-state index contributed by atoms with van der Waals surface area (Å²) in [5.41, 5.74) is 6.73. The minimum Gasteiger partial charge on any atom is -0.381 e. The fraction of sp³-hybridized carbons (Fsp3) is 0.486. The topological polar surface area (TPSA) is 83.1 Å². The molecule has 8 nitrogen and oxygen atoms in total. The number of likely N-dealkylation sites (N-methyl/N-ethyl adjacent to an activating group) is 1. The van der Waals surface area contributed by atoms with Crippen molar-refractivity contribution in [2.75, 3.05) is 64.1 Å². The van der Waals surface area contributed by atoms with Crippen LogP contribution in [0.4, 0.5) is 5.69 Å². The van der Waals surface area contributed by atoms with Crippen molar-refractivity contribution in [1.82, 2.24) is 15.5 Å². The van der Waals surface area contributed by atoms with Gasteiger partial charge in [-0.3, -0.25) is 14.5 Å². The number of allylic oxidation sites excluding steroid dienone is 1. The summed E-state index contributed by atoms with van der Waals surface area (Å²) < 4.78 is 11.1. The molecule has 0 spiro atoms. The van der Waals surface area contributed by atoms with Crippen molar-refractivity contribution >= 4 is 17.5 Å². The van der Waals surface area contributed by atoms with Crippen LogP contribution in [0.3, 0.4) is 0 Å². The van der Waals surface area contributed by atoms with Gasteiger partial charge in [0, 0.05) is 80.9 Å². The number of hydrogen-bond donors (Lipinski definition) is 2. The number of anilines is 1. The van der Waals surface area contributed by atoms with Crippen molar-refractivity contribution in [1.29, 1.82) is 0 Å². The van der Waals surface area contributed by atoms with Crippen molar-refractivity contribution in [2.45, 2.75) is 53.1 Å². The van der Waals surface area contributed by atoms with Crippen LogP contribution in [0.5, 0.6) is 0 Å². The van der Waals surface area contributed by atoms with E-state index in [-0.39, 0.29) is 18.4 Å². The summed E-state index contributed by atoms with van der Waals surface area (Å²) in [7, 11) is 0. The van der Waals surface area contributed by atoms with Gasteiger partial charge in [0.1, 0.15) is 0 Å². The second-order valence-electron chi connectivity index (χ2n) is 11.2. The van der Waals surface area contributed by atoms with Crippen molar-refractivity contribution in [2.24, 2.45) is 0 Å². The van der Waals surface area contributed by atoms with Crippen LogP contribution in [0.15, 0.2) is 47.5 Å². The molecule has 0 aliphatic carbocycles. The third-order valence-corrected chi connectivity index (χ3v) is 8.41. The second kappa shape index (κ2) is 15.7.